The summed E-state index contributed by atoms with van der Waals surface area (Å²) in [6.07, 6.45) is -0.860. The number of halogens is 5. The summed E-state index contributed by atoms with van der Waals surface area (Å²) in [5.41, 5.74) is 0. The van der Waals surface area contributed by atoms with Gasteiger partial charge in [0.25, 0.3) is 0 Å². The Morgan fingerprint density at radius 1 is 0.727 bits per heavy atom. The van der Waals surface area contributed by atoms with Crippen LogP contribution in [0.25, 0.3) is 0 Å². The van der Waals surface area contributed by atoms with Crippen LogP contribution < -0.4 is 4.52 Å². The molecule has 10 heteroatoms. The molecule has 1 rings (SSSR count). The first kappa shape index (κ1) is 20.7. The third kappa shape index (κ3) is 5.06. The Kier molecular flexibility index (Phi) is 7.64. The summed E-state index contributed by atoms with van der Waals surface area (Å²) in [4.78, 5) is 0. The SMILES string of the molecule is CC(C)OP(=O)(Oc1c(Cl)c(Cl)c(Cl)c(Cl)c1Cl)OC(C)C. The molecule has 0 fully saturated rings. The fraction of sp³-hybridized carbons (Fsp3) is 0.500. The predicted octanol–water partition coefficient (Wildman–Crippen LogP) is 7.29. The van der Waals surface area contributed by atoms with E-state index >= 15 is 0 Å². The van der Waals surface area contributed by atoms with Crippen LogP contribution in [0.4, 0.5) is 0 Å². The van der Waals surface area contributed by atoms with E-state index in [-0.39, 0.29) is 30.9 Å². The molecule has 1 aromatic rings. The topological polar surface area (TPSA) is 44.8 Å². The number of phosphoric acid groups is 1. The molecule has 0 aliphatic heterocycles. The highest BCUT2D eigenvalue weighted by Crippen LogP contribution is 2.57. The van der Waals surface area contributed by atoms with Gasteiger partial charge in [0, 0.05) is 0 Å². The lowest BCUT2D eigenvalue weighted by molar-refractivity contribution is 0.103. The van der Waals surface area contributed by atoms with Gasteiger partial charge in [-0.15, -0.1) is 0 Å². The van der Waals surface area contributed by atoms with Gasteiger partial charge >= 0.3 is 7.82 Å². The van der Waals surface area contributed by atoms with Crippen molar-refractivity contribution in [3.05, 3.63) is 25.1 Å². The van der Waals surface area contributed by atoms with E-state index in [0.717, 1.165) is 0 Å². The summed E-state index contributed by atoms with van der Waals surface area (Å²) in [5, 5.41) is -0.459. The van der Waals surface area contributed by atoms with Crippen LogP contribution in [0.15, 0.2) is 0 Å². The summed E-state index contributed by atoms with van der Waals surface area (Å²) < 4.78 is 28.5. The Balaban J connectivity index is 3.33. The number of benzene rings is 1. The highest BCUT2D eigenvalue weighted by atomic mass is 35.5. The minimum Gasteiger partial charge on any atom is -0.401 e. The van der Waals surface area contributed by atoms with Gasteiger partial charge in [-0.1, -0.05) is 58.0 Å². The molecule has 0 saturated carbocycles. The summed E-state index contributed by atoms with van der Waals surface area (Å²) in [7, 11) is -3.99. The van der Waals surface area contributed by atoms with Gasteiger partial charge in [0.15, 0.2) is 5.75 Å². The monoisotopic (exact) mass is 428 g/mol. The highest BCUT2D eigenvalue weighted by molar-refractivity contribution is 7.49. The molecule has 4 nitrogen and oxygen atoms in total. The lowest BCUT2D eigenvalue weighted by atomic mass is 10.3. The van der Waals surface area contributed by atoms with Crippen molar-refractivity contribution in [3.8, 4) is 5.75 Å². The summed E-state index contributed by atoms with van der Waals surface area (Å²) >= 11 is 29.8. The highest BCUT2D eigenvalue weighted by Gasteiger charge is 2.35. The van der Waals surface area contributed by atoms with E-state index in [1.807, 2.05) is 0 Å². The van der Waals surface area contributed by atoms with Crippen molar-refractivity contribution >= 4 is 65.8 Å². The van der Waals surface area contributed by atoms with E-state index in [2.05, 4.69) is 0 Å². The average molecular weight is 430 g/mol. The molecule has 126 valence electrons. The molecule has 0 aliphatic rings. The molecule has 1 aromatic carbocycles. The Bertz CT molecular complexity index is 563. The second-order valence-electron chi connectivity index (χ2n) is 4.75. The van der Waals surface area contributed by atoms with Crippen LogP contribution in [0.3, 0.4) is 0 Å². The van der Waals surface area contributed by atoms with Crippen molar-refractivity contribution in [2.75, 3.05) is 0 Å². The van der Waals surface area contributed by atoms with Crippen LogP contribution in [-0.2, 0) is 13.6 Å². The van der Waals surface area contributed by atoms with Gasteiger partial charge < -0.3 is 4.52 Å². The number of rotatable bonds is 6. The Hall–Kier alpha value is 0.620. The molecule has 0 spiro atoms. The second-order valence-corrected chi connectivity index (χ2v) is 8.13. The first-order valence-corrected chi connectivity index (χ1v) is 9.51. The van der Waals surface area contributed by atoms with Crippen molar-refractivity contribution < 1.29 is 18.1 Å². The van der Waals surface area contributed by atoms with Crippen LogP contribution in [0.5, 0.6) is 5.75 Å². The maximum Gasteiger partial charge on any atom is 0.530 e. The van der Waals surface area contributed by atoms with Crippen LogP contribution in [-0.4, -0.2) is 12.2 Å². The molecular weight excluding hydrogens is 416 g/mol. The van der Waals surface area contributed by atoms with Gasteiger partial charge in [-0.25, -0.2) is 4.57 Å². The van der Waals surface area contributed by atoms with E-state index in [1.54, 1.807) is 27.7 Å². The number of hydrogen-bond acceptors (Lipinski definition) is 4. The molecule has 0 N–H and O–H groups in total. The van der Waals surface area contributed by atoms with Gasteiger partial charge in [0.2, 0.25) is 0 Å². The maximum absolute atomic E-state index is 12.7. The molecule has 0 atom stereocenters. The third-order valence-corrected chi connectivity index (χ3v) is 6.06. The summed E-state index contributed by atoms with van der Waals surface area (Å²) in [6, 6.07) is 0. The van der Waals surface area contributed by atoms with Gasteiger partial charge in [-0.05, 0) is 27.7 Å². The Morgan fingerprint density at radius 3 is 1.36 bits per heavy atom. The van der Waals surface area contributed by atoms with Crippen LogP contribution in [0.1, 0.15) is 27.7 Å². The molecular formula is C12H14Cl5O4P. The Labute approximate surface area is 154 Å². The van der Waals surface area contributed by atoms with Crippen LogP contribution >= 0.6 is 65.8 Å². The first-order chi connectivity index (χ1) is 9.98. The molecule has 0 saturated heterocycles. The number of hydrogen-bond donors (Lipinski definition) is 0. The lowest BCUT2D eigenvalue weighted by Gasteiger charge is -2.23. The predicted molar refractivity (Wildman–Crippen MR) is 92.2 cm³/mol. The lowest BCUT2D eigenvalue weighted by Crippen LogP contribution is -2.12. The van der Waals surface area contributed by atoms with Gasteiger partial charge in [-0.3, -0.25) is 9.05 Å². The van der Waals surface area contributed by atoms with Gasteiger partial charge in [0.1, 0.15) is 10.0 Å². The van der Waals surface area contributed by atoms with Crippen LogP contribution in [0, 0.1) is 0 Å². The van der Waals surface area contributed by atoms with Crippen LogP contribution in [0.2, 0.25) is 25.1 Å². The molecule has 22 heavy (non-hydrogen) atoms. The molecule has 0 amide bonds. The normalized spacial score (nSPS) is 12.3. The molecule has 0 heterocycles. The van der Waals surface area contributed by atoms with Crippen molar-refractivity contribution in [2.24, 2.45) is 0 Å². The molecule has 0 aliphatic carbocycles. The third-order valence-electron chi connectivity index (χ3n) is 2.05. The minimum atomic E-state index is -3.99. The van der Waals surface area contributed by atoms with Crippen molar-refractivity contribution in [2.45, 2.75) is 39.9 Å². The average Bonchev–Trinajstić information content (AvgIpc) is 2.37. The standard InChI is InChI=1S/C12H14Cl5O4P/c1-5(2)19-22(18,20-6(3)4)21-12-10(16)8(14)7(13)9(15)11(12)17/h5-6H,1-4H3. The van der Waals surface area contributed by atoms with Gasteiger partial charge in [-0.2, -0.15) is 0 Å². The van der Waals surface area contributed by atoms with Gasteiger partial charge in [0.05, 0.1) is 27.3 Å². The van der Waals surface area contributed by atoms with Crippen molar-refractivity contribution in [1.82, 2.24) is 0 Å². The summed E-state index contributed by atoms with van der Waals surface area (Å²) in [6.45, 7) is 6.69. The largest absolute Gasteiger partial charge is 0.530 e. The molecule has 0 unspecified atom stereocenters. The van der Waals surface area contributed by atoms with E-state index < -0.39 is 20.0 Å². The smallest absolute Gasteiger partial charge is 0.401 e. The van der Waals surface area contributed by atoms with Crippen molar-refractivity contribution in [1.29, 1.82) is 0 Å². The molecule has 0 aromatic heterocycles. The first-order valence-electron chi connectivity index (χ1n) is 6.16. The number of phosphoric ester groups is 1. The molecule has 0 bridgehead atoms. The fourth-order valence-electron chi connectivity index (χ4n) is 1.36. The second kappa shape index (κ2) is 8.13. The maximum atomic E-state index is 12.7. The molecule has 0 radical (unpaired) electrons. The fourth-order valence-corrected chi connectivity index (χ4v) is 4.24. The van der Waals surface area contributed by atoms with E-state index in [4.69, 9.17) is 71.6 Å². The van der Waals surface area contributed by atoms with E-state index in [0.29, 0.717) is 0 Å². The zero-order valence-corrected chi connectivity index (χ0v) is 16.8. The zero-order chi connectivity index (χ0) is 17.2. The van der Waals surface area contributed by atoms with E-state index in [9.17, 15) is 4.57 Å². The van der Waals surface area contributed by atoms with Crippen molar-refractivity contribution in [3.63, 3.8) is 0 Å². The quantitative estimate of drug-likeness (QED) is 0.270. The Morgan fingerprint density at radius 2 is 1.05 bits per heavy atom. The minimum absolute atomic E-state index is 0.0323. The van der Waals surface area contributed by atoms with E-state index in [1.165, 1.54) is 0 Å². The zero-order valence-electron chi connectivity index (χ0n) is 12.1. The summed E-state index contributed by atoms with van der Waals surface area (Å²) in [5.74, 6) is -0.215.